The first-order chi connectivity index (χ1) is 11.0. The van der Waals surface area contributed by atoms with Crippen molar-refractivity contribution in [1.82, 2.24) is 4.90 Å². The van der Waals surface area contributed by atoms with Gasteiger partial charge in [-0.2, -0.15) is 0 Å². The summed E-state index contributed by atoms with van der Waals surface area (Å²) in [5, 5.41) is -0.252. The first-order valence-corrected chi connectivity index (χ1v) is 7.12. The fourth-order valence-electron chi connectivity index (χ4n) is 2.35. The number of rotatable bonds is 3. The maximum absolute atomic E-state index is 13.7. The second-order valence-electron chi connectivity index (χ2n) is 4.98. The predicted octanol–water partition coefficient (Wildman–Crippen LogP) is 3.48. The van der Waals surface area contributed by atoms with E-state index in [9.17, 15) is 18.4 Å². The maximum atomic E-state index is 13.7. The fourth-order valence-corrected chi connectivity index (χ4v) is 2.65. The molecular weight excluding hydrogens is 324 g/mol. The number of carbonyl (C=O) groups is 2. The molecule has 1 heterocycles. The third-order valence-electron chi connectivity index (χ3n) is 3.53. The van der Waals surface area contributed by atoms with Crippen LogP contribution in [0.15, 0.2) is 53.6 Å². The summed E-state index contributed by atoms with van der Waals surface area (Å²) in [6.45, 7) is -0.217. The molecule has 2 aromatic carbocycles. The van der Waals surface area contributed by atoms with Gasteiger partial charge in [-0.15, -0.1) is 0 Å². The van der Waals surface area contributed by atoms with Gasteiger partial charge in [0.05, 0.1) is 12.1 Å². The topological polar surface area (TPSA) is 37.4 Å². The van der Waals surface area contributed by atoms with Crippen molar-refractivity contribution < 1.29 is 18.4 Å². The Balaban J connectivity index is 1.93. The van der Waals surface area contributed by atoms with Gasteiger partial charge in [-0.05, 0) is 23.8 Å². The fraction of sp³-hybridized carbons (Fsp3) is 0.0588. The lowest BCUT2D eigenvalue weighted by Crippen LogP contribution is -2.31. The molecule has 3 nitrogen and oxygen atoms in total. The Morgan fingerprint density at radius 1 is 0.913 bits per heavy atom. The van der Waals surface area contributed by atoms with Crippen molar-refractivity contribution in [2.24, 2.45) is 0 Å². The van der Waals surface area contributed by atoms with Gasteiger partial charge in [-0.1, -0.05) is 41.9 Å². The van der Waals surface area contributed by atoms with Crippen molar-refractivity contribution in [2.75, 3.05) is 0 Å². The van der Waals surface area contributed by atoms with Crippen LogP contribution in [-0.2, 0) is 16.1 Å². The molecule has 0 radical (unpaired) electrons. The van der Waals surface area contributed by atoms with Crippen molar-refractivity contribution >= 4 is 29.0 Å². The minimum Gasteiger partial charge on any atom is -0.269 e. The van der Waals surface area contributed by atoms with Gasteiger partial charge in [-0.3, -0.25) is 14.5 Å². The molecule has 6 heteroatoms. The SMILES string of the molecule is O=C1C(Cl)=C(c2ccc(F)cc2)C(=O)N1Cc1ccccc1F. The van der Waals surface area contributed by atoms with E-state index in [-0.39, 0.29) is 22.7 Å². The summed E-state index contributed by atoms with van der Waals surface area (Å²) >= 11 is 5.98. The second-order valence-corrected chi connectivity index (χ2v) is 5.36. The van der Waals surface area contributed by atoms with E-state index in [2.05, 4.69) is 0 Å². The average Bonchev–Trinajstić information content (AvgIpc) is 2.74. The van der Waals surface area contributed by atoms with Crippen LogP contribution in [-0.4, -0.2) is 16.7 Å². The van der Waals surface area contributed by atoms with Crippen LogP contribution in [0.25, 0.3) is 5.57 Å². The molecular formula is C17H10ClF2NO2. The van der Waals surface area contributed by atoms with E-state index in [0.29, 0.717) is 5.56 Å². The Kier molecular flexibility index (Phi) is 3.96. The molecule has 23 heavy (non-hydrogen) atoms. The summed E-state index contributed by atoms with van der Waals surface area (Å²) in [4.78, 5) is 25.5. The third kappa shape index (κ3) is 2.75. The molecule has 2 amide bonds. The van der Waals surface area contributed by atoms with E-state index in [1.54, 1.807) is 6.07 Å². The highest BCUT2D eigenvalue weighted by atomic mass is 35.5. The summed E-state index contributed by atoms with van der Waals surface area (Å²) in [5.74, 6) is -2.31. The molecule has 3 rings (SSSR count). The van der Waals surface area contributed by atoms with E-state index >= 15 is 0 Å². The molecule has 0 unspecified atom stereocenters. The lowest BCUT2D eigenvalue weighted by Gasteiger charge is -2.15. The van der Waals surface area contributed by atoms with Crippen LogP contribution in [0, 0.1) is 11.6 Å². The van der Waals surface area contributed by atoms with Gasteiger partial charge in [0.2, 0.25) is 0 Å². The van der Waals surface area contributed by atoms with Gasteiger partial charge in [-0.25, -0.2) is 8.78 Å². The minimum absolute atomic E-state index is 0.00648. The molecule has 1 aliphatic rings. The first-order valence-electron chi connectivity index (χ1n) is 6.74. The van der Waals surface area contributed by atoms with Crippen LogP contribution < -0.4 is 0 Å². The second kappa shape index (κ2) is 5.93. The zero-order valence-electron chi connectivity index (χ0n) is 11.7. The molecule has 0 N–H and O–H groups in total. The summed E-state index contributed by atoms with van der Waals surface area (Å²) in [6, 6.07) is 10.9. The molecule has 2 aromatic rings. The van der Waals surface area contributed by atoms with Gasteiger partial charge in [0.15, 0.2) is 0 Å². The van der Waals surface area contributed by atoms with Crippen molar-refractivity contribution in [3.63, 3.8) is 0 Å². The summed E-state index contributed by atoms with van der Waals surface area (Å²) in [6.07, 6.45) is 0. The highest BCUT2D eigenvalue weighted by molar-refractivity contribution is 6.55. The Hall–Kier alpha value is -2.53. The molecule has 0 atom stereocenters. The van der Waals surface area contributed by atoms with Crippen LogP contribution in [0.2, 0.25) is 0 Å². The molecule has 0 bridgehead atoms. The molecule has 0 spiro atoms. The zero-order chi connectivity index (χ0) is 16.6. The maximum Gasteiger partial charge on any atom is 0.273 e. The third-order valence-corrected chi connectivity index (χ3v) is 3.88. The summed E-state index contributed by atoms with van der Waals surface area (Å²) in [7, 11) is 0. The quantitative estimate of drug-likeness (QED) is 0.806. The smallest absolute Gasteiger partial charge is 0.269 e. The van der Waals surface area contributed by atoms with E-state index in [1.807, 2.05) is 0 Å². The molecule has 116 valence electrons. The molecule has 1 aliphatic heterocycles. The molecule has 0 saturated heterocycles. The Labute approximate surface area is 135 Å². The Bertz CT molecular complexity index is 831. The number of hydrogen-bond donors (Lipinski definition) is 0. The van der Waals surface area contributed by atoms with Crippen LogP contribution in [0.4, 0.5) is 8.78 Å². The standard InChI is InChI=1S/C17H10ClF2NO2/c18-15-14(10-5-7-12(19)8-6-10)16(22)21(17(15)23)9-11-3-1-2-4-13(11)20/h1-8H,9H2. The minimum atomic E-state index is -0.695. The van der Waals surface area contributed by atoms with Gasteiger partial charge in [0, 0.05) is 5.56 Å². The largest absolute Gasteiger partial charge is 0.273 e. The van der Waals surface area contributed by atoms with E-state index in [0.717, 1.165) is 4.90 Å². The summed E-state index contributed by atoms with van der Waals surface area (Å²) in [5.41, 5.74) is 0.540. The molecule has 0 aromatic heterocycles. The van der Waals surface area contributed by atoms with Crippen LogP contribution in [0.5, 0.6) is 0 Å². The van der Waals surface area contributed by atoms with Crippen LogP contribution in [0.1, 0.15) is 11.1 Å². The summed E-state index contributed by atoms with van der Waals surface area (Å²) < 4.78 is 26.7. The zero-order valence-corrected chi connectivity index (χ0v) is 12.5. The van der Waals surface area contributed by atoms with E-state index in [1.165, 1.54) is 42.5 Å². The number of imide groups is 1. The van der Waals surface area contributed by atoms with Gasteiger partial charge >= 0.3 is 0 Å². The van der Waals surface area contributed by atoms with Crippen molar-refractivity contribution in [2.45, 2.75) is 6.54 Å². The van der Waals surface area contributed by atoms with Crippen LogP contribution in [0.3, 0.4) is 0 Å². The number of halogens is 3. The Morgan fingerprint density at radius 2 is 1.57 bits per heavy atom. The Morgan fingerprint density at radius 3 is 2.22 bits per heavy atom. The molecule has 0 fully saturated rings. The highest BCUT2D eigenvalue weighted by Gasteiger charge is 2.38. The normalized spacial score (nSPS) is 14.8. The van der Waals surface area contributed by atoms with E-state index in [4.69, 9.17) is 11.6 Å². The number of hydrogen-bond acceptors (Lipinski definition) is 2. The lowest BCUT2D eigenvalue weighted by molar-refractivity contribution is -0.137. The molecule has 0 aliphatic carbocycles. The number of nitrogens with zero attached hydrogens (tertiary/aromatic N) is 1. The first kappa shape index (κ1) is 15.4. The lowest BCUT2D eigenvalue weighted by atomic mass is 10.1. The van der Waals surface area contributed by atoms with Gasteiger partial charge in [0.1, 0.15) is 16.7 Å². The van der Waals surface area contributed by atoms with Crippen molar-refractivity contribution in [3.8, 4) is 0 Å². The predicted molar refractivity (Wildman–Crippen MR) is 81.1 cm³/mol. The highest BCUT2D eigenvalue weighted by Crippen LogP contribution is 2.32. The average molecular weight is 334 g/mol. The van der Waals surface area contributed by atoms with E-state index < -0.39 is 23.4 Å². The van der Waals surface area contributed by atoms with Crippen LogP contribution >= 0.6 is 11.6 Å². The number of benzene rings is 2. The van der Waals surface area contributed by atoms with Crippen molar-refractivity contribution in [1.29, 1.82) is 0 Å². The number of amides is 2. The van der Waals surface area contributed by atoms with Gasteiger partial charge < -0.3 is 0 Å². The van der Waals surface area contributed by atoms with Crippen molar-refractivity contribution in [3.05, 3.63) is 76.3 Å². The number of carbonyl (C=O) groups excluding carboxylic acids is 2. The van der Waals surface area contributed by atoms with Gasteiger partial charge in [0.25, 0.3) is 11.8 Å². The monoisotopic (exact) mass is 333 g/mol. The molecule has 0 saturated carbocycles.